The predicted molar refractivity (Wildman–Crippen MR) is 95.9 cm³/mol. The molecule has 0 atom stereocenters. The second kappa shape index (κ2) is 6.36. The largest absolute Gasteiger partial charge is 0.342 e. The molecule has 1 aliphatic rings. The zero-order valence-electron chi connectivity index (χ0n) is 13.1. The van der Waals surface area contributed by atoms with Crippen LogP contribution in [0.2, 0.25) is 0 Å². The number of imidazole rings is 1. The number of nitrogens with one attached hydrogen (secondary N) is 1. The van der Waals surface area contributed by atoms with Gasteiger partial charge in [-0.3, -0.25) is 9.78 Å². The van der Waals surface area contributed by atoms with Gasteiger partial charge in [0, 0.05) is 35.9 Å². The third kappa shape index (κ3) is 2.94. The first-order valence-electron chi connectivity index (χ1n) is 8.05. The second-order valence-electron chi connectivity index (χ2n) is 6.10. The second-order valence-corrected chi connectivity index (χ2v) is 7.01. The SMILES string of the molecule is O=C(c1cncc(Br)c1)N1CCC(c2nc3ccccc3[nH]2)CC1. The van der Waals surface area contributed by atoms with Gasteiger partial charge in [0.05, 0.1) is 16.6 Å². The molecule has 1 saturated heterocycles. The minimum Gasteiger partial charge on any atom is -0.342 e. The lowest BCUT2D eigenvalue weighted by atomic mass is 9.96. The van der Waals surface area contributed by atoms with Crippen LogP contribution in [0.25, 0.3) is 11.0 Å². The van der Waals surface area contributed by atoms with Crippen molar-refractivity contribution in [2.24, 2.45) is 0 Å². The van der Waals surface area contributed by atoms with Crippen molar-refractivity contribution in [2.45, 2.75) is 18.8 Å². The molecule has 2 aromatic heterocycles. The van der Waals surface area contributed by atoms with Crippen LogP contribution in [0.4, 0.5) is 0 Å². The zero-order valence-corrected chi connectivity index (χ0v) is 14.7. The van der Waals surface area contributed by atoms with E-state index in [2.05, 4.69) is 25.9 Å². The normalized spacial score (nSPS) is 15.8. The van der Waals surface area contributed by atoms with Crippen molar-refractivity contribution >= 4 is 32.9 Å². The Hall–Kier alpha value is -2.21. The molecule has 1 aromatic carbocycles. The van der Waals surface area contributed by atoms with Crippen molar-refractivity contribution in [2.75, 3.05) is 13.1 Å². The Morgan fingerprint density at radius 3 is 2.75 bits per heavy atom. The van der Waals surface area contributed by atoms with E-state index >= 15 is 0 Å². The van der Waals surface area contributed by atoms with Gasteiger partial charge in [0.1, 0.15) is 5.82 Å². The Kier molecular flexibility index (Phi) is 4.06. The van der Waals surface area contributed by atoms with Gasteiger partial charge in [-0.2, -0.15) is 0 Å². The van der Waals surface area contributed by atoms with Gasteiger partial charge in [-0.1, -0.05) is 12.1 Å². The fourth-order valence-electron chi connectivity index (χ4n) is 3.23. The molecule has 0 radical (unpaired) electrons. The van der Waals surface area contributed by atoms with E-state index in [9.17, 15) is 4.79 Å². The molecule has 0 saturated carbocycles. The summed E-state index contributed by atoms with van der Waals surface area (Å²) in [7, 11) is 0. The number of pyridine rings is 1. The van der Waals surface area contributed by atoms with Gasteiger partial charge in [0.25, 0.3) is 5.91 Å². The maximum atomic E-state index is 12.6. The van der Waals surface area contributed by atoms with Crippen LogP contribution in [0, 0.1) is 0 Å². The quantitative estimate of drug-likeness (QED) is 0.731. The number of aromatic amines is 1. The monoisotopic (exact) mass is 384 g/mol. The predicted octanol–water partition coefficient (Wildman–Crippen LogP) is 3.74. The molecule has 3 aromatic rings. The standard InChI is InChI=1S/C18H17BrN4O/c19-14-9-13(10-20-11-14)18(24)23-7-5-12(6-8-23)17-21-15-3-1-2-4-16(15)22-17/h1-4,9-12H,5-8H2,(H,21,22). The topological polar surface area (TPSA) is 61.9 Å². The number of likely N-dealkylation sites (tertiary alicyclic amines) is 1. The highest BCUT2D eigenvalue weighted by Gasteiger charge is 2.26. The number of aromatic nitrogens is 3. The first-order chi connectivity index (χ1) is 11.7. The van der Waals surface area contributed by atoms with Crippen molar-refractivity contribution in [3.8, 4) is 0 Å². The average Bonchev–Trinajstić information content (AvgIpc) is 3.05. The minimum atomic E-state index is 0.0480. The first kappa shape index (κ1) is 15.3. The van der Waals surface area contributed by atoms with E-state index in [1.807, 2.05) is 35.2 Å². The van der Waals surface area contributed by atoms with Gasteiger partial charge in [0.15, 0.2) is 0 Å². The van der Waals surface area contributed by atoms with Crippen LogP contribution in [0.1, 0.15) is 34.9 Å². The summed E-state index contributed by atoms with van der Waals surface area (Å²) >= 11 is 3.37. The number of benzene rings is 1. The Labute approximate surface area is 148 Å². The molecule has 6 heteroatoms. The van der Waals surface area contributed by atoms with Gasteiger partial charge in [-0.15, -0.1) is 0 Å². The van der Waals surface area contributed by atoms with Crippen LogP contribution in [0.3, 0.4) is 0 Å². The van der Waals surface area contributed by atoms with Crippen molar-refractivity contribution < 1.29 is 4.79 Å². The average molecular weight is 385 g/mol. The third-order valence-electron chi connectivity index (χ3n) is 4.53. The molecule has 0 bridgehead atoms. The molecule has 3 heterocycles. The van der Waals surface area contributed by atoms with Crippen molar-refractivity contribution in [3.63, 3.8) is 0 Å². The lowest BCUT2D eigenvalue weighted by Gasteiger charge is -2.31. The fourth-order valence-corrected chi connectivity index (χ4v) is 3.60. The van der Waals surface area contributed by atoms with Gasteiger partial charge in [0.2, 0.25) is 0 Å². The van der Waals surface area contributed by atoms with E-state index in [0.717, 1.165) is 47.3 Å². The molecule has 1 N–H and O–H groups in total. The smallest absolute Gasteiger partial charge is 0.255 e. The van der Waals surface area contributed by atoms with E-state index in [1.54, 1.807) is 12.4 Å². The van der Waals surface area contributed by atoms with Crippen molar-refractivity contribution in [1.29, 1.82) is 0 Å². The highest BCUT2D eigenvalue weighted by Crippen LogP contribution is 2.28. The molecule has 1 amide bonds. The number of hydrogen-bond donors (Lipinski definition) is 1. The van der Waals surface area contributed by atoms with Crippen LogP contribution in [0.15, 0.2) is 47.2 Å². The van der Waals surface area contributed by atoms with E-state index in [-0.39, 0.29) is 5.91 Å². The summed E-state index contributed by atoms with van der Waals surface area (Å²) in [5.74, 6) is 1.46. The molecule has 0 spiro atoms. The number of fused-ring (bicyclic) bond motifs is 1. The molecule has 24 heavy (non-hydrogen) atoms. The number of rotatable bonds is 2. The maximum Gasteiger partial charge on any atom is 0.255 e. The number of carbonyl (C=O) groups is 1. The Morgan fingerprint density at radius 2 is 2.00 bits per heavy atom. The number of piperidine rings is 1. The lowest BCUT2D eigenvalue weighted by molar-refractivity contribution is 0.0711. The van der Waals surface area contributed by atoms with E-state index < -0.39 is 0 Å². The lowest BCUT2D eigenvalue weighted by Crippen LogP contribution is -2.38. The van der Waals surface area contributed by atoms with Crippen molar-refractivity contribution in [1.82, 2.24) is 19.9 Å². The number of para-hydroxylation sites is 2. The highest BCUT2D eigenvalue weighted by molar-refractivity contribution is 9.10. The number of carbonyl (C=O) groups excluding carboxylic acids is 1. The third-order valence-corrected chi connectivity index (χ3v) is 4.96. The minimum absolute atomic E-state index is 0.0480. The van der Waals surface area contributed by atoms with E-state index in [1.165, 1.54) is 0 Å². The Balaban J connectivity index is 1.45. The van der Waals surface area contributed by atoms with Crippen LogP contribution in [0.5, 0.6) is 0 Å². The number of nitrogens with zero attached hydrogens (tertiary/aromatic N) is 3. The van der Waals surface area contributed by atoms with Crippen LogP contribution < -0.4 is 0 Å². The van der Waals surface area contributed by atoms with E-state index in [4.69, 9.17) is 4.98 Å². The van der Waals surface area contributed by atoms with Gasteiger partial charge < -0.3 is 9.88 Å². The molecule has 0 unspecified atom stereocenters. The molecule has 4 rings (SSSR count). The van der Waals surface area contributed by atoms with Gasteiger partial charge in [-0.25, -0.2) is 4.98 Å². The summed E-state index contributed by atoms with van der Waals surface area (Å²) in [6.45, 7) is 1.49. The van der Waals surface area contributed by atoms with Gasteiger partial charge in [-0.05, 0) is 47.0 Å². The van der Waals surface area contributed by atoms with Crippen LogP contribution >= 0.6 is 15.9 Å². The molecule has 1 fully saturated rings. The highest BCUT2D eigenvalue weighted by atomic mass is 79.9. The summed E-state index contributed by atoms with van der Waals surface area (Å²) < 4.78 is 0.825. The summed E-state index contributed by atoms with van der Waals surface area (Å²) in [4.78, 5) is 26.7. The van der Waals surface area contributed by atoms with Gasteiger partial charge >= 0.3 is 0 Å². The summed E-state index contributed by atoms with van der Waals surface area (Å²) in [6, 6.07) is 9.90. The Morgan fingerprint density at radius 1 is 1.21 bits per heavy atom. The zero-order chi connectivity index (χ0) is 16.5. The van der Waals surface area contributed by atoms with Crippen molar-refractivity contribution in [3.05, 3.63) is 58.6 Å². The number of H-pyrrole nitrogens is 1. The fraction of sp³-hybridized carbons (Fsp3) is 0.278. The maximum absolute atomic E-state index is 12.6. The summed E-state index contributed by atoms with van der Waals surface area (Å²) in [5, 5.41) is 0. The van der Waals surface area contributed by atoms with E-state index in [0.29, 0.717) is 11.5 Å². The summed E-state index contributed by atoms with van der Waals surface area (Å²) in [5.41, 5.74) is 2.71. The molecule has 5 nitrogen and oxygen atoms in total. The molecule has 122 valence electrons. The number of halogens is 1. The number of amides is 1. The first-order valence-corrected chi connectivity index (χ1v) is 8.84. The molecular formula is C18H17BrN4O. The van der Waals surface area contributed by atoms with Crippen LogP contribution in [-0.2, 0) is 0 Å². The Bertz CT molecular complexity index is 850. The number of hydrogen-bond acceptors (Lipinski definition) is 3. The molecule has 1 aliphatic heterocycles. The summed E-state index contributed by atoms with van der Waals surface area (Å²) in [6.07, 6.45) is 5.16. The molecular weight excluding hydrogens is 368 g/mol. The van der Waals surface area contributed by atoms with Crippen LogP contribution in [-0.4, -0.2) is 38.8 Å². The molecule has 0 aliphatic carbocycles.